The van der Waals surface area contributed by atoms with Crippen LogP contribution in [0.15, 0.2) is 5.10 Å². The predicted molar refractivity (Wildman–Crippen MR) is 23.8 cm³/mol. The molecule has 7 nitrogen and oxygen atoms in total. The maximum atomic E-state index is 9.73. The first-order chi connectivity index (χ1) is 3.80. The Morgan fingerprint density at radius 2 is 2.50 bits per heavy atom. The van der Waals surface area contributed by atoms with Crippen LogP contribution in [0.25, 0.3) is 0 Å². The van der Waals surface area contributed by atoms with Crippen LogP contribution in [0.4, 0.5) is 0 Å². The Bertz CT molecular complexity index is 139. The van der Waals surface area contributed by atoms with E-state index in [4.69, 9.17) is 0 Å². The molecule has 44 valence electrons. The van der Waals surface area contributed by atoms with Crippen LogP contribution in [-0.4, -0.2) is 10.9 Å². The number of hydrazone groups is 1. The monoisotopic (exact) mass is 117 g/mol. The fourth-order valence-corrected chi connectivity index (χ4v) is 0.279. The van der Waals surface area contributed by atoms with Crippen molar-refractivity contribution in [1.82, 2.24) is 16.5 Å². The molecule has 8 heavy (non-hydrogen) atoms. The minimum absolute atomic E-state index is 0.329. The average Bonchev–Trinajstić information content (AvgIpc) is 2.12. The molecule has 0 radical (unpaired) electrons. The largest absolute Gasteiger partial charge is 0.467 e. The van der Waals surface area contributed by atoms with Crippen molar-refractivity contribution in [2.45, 2.75) is 0 Å². The Morgan fingerprint density at radius 1 is 1.75 bits per heavy atom. The summed E-state index contributed by atoms with van der Waals surface area (Å²) in [6.07, 6.45) is 0. The number of rotatable bonds is 0. The summed E-state index contributed by atoms with van der Waals surface area (Å²) in [4.78, 5) is 9.09. The molecule has 0 aromatic carbocycles. The standard InChI is InChI=1S/CH3N5O2/c7-6(8)1-2-4-5-3-1/h4-5H,(H,2,3). The zero-order valence-corrected chi connectivity index (χ0v) is 3.71. The number of hydrogen-bond acceptors (Lipinski definition) is 6. The highest BCUT2D eigenvalue weighted by atomic mass is 16.6. The van der Waals surface area contributed by atoms with Crippen LogP contribution in [0.2, 0.25) is 0 Å². The summed E-state index contributed by atoms with van der Waals surface area (Å²) in [6, 6.07) is 0. The third kappa shape index (κ3) is 0.658. The van der Waals surface area contributed by atoms with E-state index in [-0.39, 0.29) is 5.96 Å². The second-order valence-corrected chi connectivity index (χ2v) is 1.05. The summed E-state index contributed by atoms with van der Waals surface area (Å²) >= 11 is 0. The Kier molecular flexibility index (Phi) is 0.968. The Hall–Kier alpha value is -1.37. The van der Waals surface area contributed by atoms with Gasteiger partial charge in [-0.3, -0.25) is 0 Å². The lowest BCUT2D eigenvalue weighted by Gasteiger charge is -1.88. The molecule has 1 aliphatic rings. The normalized spacial score (nSPS) is 16.2. The zero-order chi connectivity index (χ0) is 5.98. The van der Waals surface area contributed by atoms with E-state index in [0.717, 1.165) is 0 Å². The first-order valence-corrected chi connectivity index (χ1v) is 1.79. The first-order valence-electron chi connectivity index (χ1n) is 1.79. The number of hydrogen-bond donors (Lipinski definition) is 3. The van der Waals surface area contributed by atoms with E-state index in [1.807, 2.05) is 0 Å². The molecule has 0 atom stereocenters. The summed E-state index contributed by atoms with van der Waals surface area (Å²) in [5.41, 5.74) is 6.49. The molecule has 0 saturated heterocycles. The second-order valence-electron chi connectivity index (χ2n) is 1.05. The molecule has 1 heterocycles. The molecule has 0 aromatic rings. The van der Waals surface area contributed by atoms with Gasteiger partial charge >= 0.3 is 5.96 Å². The van der Waals surface area contributed by atoms with Gasteiger partial charge in [-0.2, -0.15) is 5.43 Å². The van der Waals surface area contributed by atoms with Crippen LogP contribution in [0.1, 0.15) is 0 Å². The van der Waals surface area contributed by atoms with E-state index < -0.39 is 4.92 Å². The van der Waals surface area contributed by atoms with Crippen LogP contribution >= 0.6 is 0 Å². The Labute approximate surface area is 43.8 Å². The van der Waals surface area contributed by atoms with Gasteiger partial charge in [0.25, 0.3) is 0 Å². The highest BCUT2D eigenvalue weighted by molar-refractivity contribution is 5.71. The van der Waals surface area contributed by atoms with Gasteiger partial charge in [-0.15, -0.1) is 5.53 Å². The summed E-state index contributed by atoms with van der Waals surface area (Å²) in [7, 11) is 0. The minimum atomic E-state index is -0.646. The lowest BCUT2D eigenvalue weighted by Crippen LogP contribution is -2.37. The van der Waals surface area contributed by atoms with Crippen LogP contribution in [0.5, 0.6) is 0 Å². The van der Waals surface area contributed by atoms with Crippen molar-refractivity contribution in [3.05, 3.63) is 10.1 Å². The lowest BCUT2D eigenvalue weighted by atomic mass is 11.1. The molecule has 1 rings (SSSR count). The van der Waals surface area contributed by atoms with E-state index in [2.05, 4.69) is 21.6 Å². The molecule has 0 amide bonds. The summed E-state index contributed by atoms with van der Waals surface area (Å²) in [6.45, 7) is 0. The first kappa shape index (κ1) is 4.78. The lowest BCUT2D eigenvalue weighted by molar-refractivity contribution is -0.355. The predicted octanol–water partition coefficient (Wildman–Crippen LogP) is -1.85. The van der Waals surface area contributed by atoms with E-state index >= 15 is 0 Å². The number of nitrogens with zero attached hydrogens (tertiary/aromatic N) is 2. The summed E-state index contributed by atoms with van der Waals surface area (Å²) in [5, 5.41) is 12.9. The third-order valence-corrected chi connectivity index (χ3v) is 0.565. The van der Waals surface area contributed by atoms with Crippen molar-refractivity contribution >= 4 is 5.96 Å². The van der Waals surface area contributed by atoms with Crippen molar-refractivity contribution < 1.29 is 4.92 Å². The van der Waals surface area contributed by atoms with Crippen LogP contribution in [0, 0.1) is 10.1 Å². The van der Waals surface area contributed by atoms with Crippen LogP contribution < -0.4 is 16.5 Å². The van der Waals surface area contributed by atoms with Crippen molar-refractivity contribution in [2.75, 3.05) is 0 Å². The van der Waals surface area contributed by atoms with E-state index in [0.29, 0.717) is 0 Å². The third-order valence-electron chi connectivity index (χ3n) is 0.565. The fourth-order valence-electron chi connectivity index (χ4n) is 0.279. The van der Waals surface area contributed by atoms with Crippen molar-refractivity contribution in [3.8, 4) is 0 Å². The molecule has 3 N–H and O–H groups in total. The highest BCUT2D eigenvalue weighted by Crippen LogP contribution is 1.73. The number of nitrogens with one attached hydrogen (secondary N) is 3. The SMILES string of the molecule is O=[N+]([O-])C1=NNNN1. The number of nitro groups is 1. The molecular weight excluding hydrogens is 114 g/mol. The van der Waals surface area contributed by atoms with Crippen molar-refractivity contribution in [2.24, 2.45) is 5.10 Å². The second kappa shape index (κ2) is 1.62. The Morgan fingerprint density at radius 3 is 2.75 bits per heavy atom. The number of guanidine groups is 1. The van der Waals surface area contributed by atoms with Gasteiger partial charge in [-0.05, 0) is 4.92 Å². The zero-order valence-electron chi connectivity index (χ0n) is 3.71. The average molecular weight is 117 g/mol. The van der Waals surface area contributed by atoms with Gasteiger partial charge in [0.15, 0.2) is 0 Å². The summed E-state index contributed by atoms with van der Waals surface area (Å²) in [5.74, 6) is -0.329. The summed E-state index contributed by atoms with van der Waals surface area (Å²) < 4.78 is 0. The molecule has 0 spiro atoms. The smallest absolute Gasteiger partial charge is 0.390 e. The quantitative estimate of drug-likeness (QED) is 0.256. The van der Waals surface area contributed by atoms with Gasteiger partial charge in [0.1, 0.15) is 0 Å². The number of hydrazine groups is 2. The Balaban J connectivity index is 2.57. The van der Waals surface area contributed by atoms with E-state index in [1.54, 1.807) is 0 Å². The van der Waals surface area contributed by atoms with Gasteiger partial charge in [0, 0.05) is 5.10 Å². The molecule has 1 aliphatic heterocycles. The van der Waals surface area contributed by atoms with E-state index in [1.165, 1.54) is 0 Å². The van der Waals surface area contributed by atoms with Gasteiger partial charge in [-0.1, -0.05) is 5.53 Å². The molecule has 0 saturated carbocycles. The van der Waals surface area contributed by atoms with Crippen molar-refractivity contribution in [1.29, 1.82) is 0 Å². The van der Waals surface area contributed by atoms with Crippen LogP contribution in [-0.2, 0) is 0 Å². The molecule has 0 fully saturated rings. The molecule has 7 heteroatoms. The molecule has 0 bridgehead atoms. The van der Waals surface area contributed by atoms with Crippen molar-refractivity contribution in [3.63, 3.8) is 0 Å². The maximum absolute atomic E-state index is 9.73. The molecule has 0 aromatic heterocycles. The molecule has 0 aliphatic carbocycles. The molecular formula is CH3N5O2. The topological polar surface area (TPSA) is 91.6 Å². The minimum Gasteiger partial charge on any atom is -0.390 e. The van der Waals surface area contributed by atoms with Gasteiger partial charge in [0.2, 0.25) is 0 Å². The van der Waals surface area contributed by atoms with Gasteiger partial charge in [-0.25, -0.2) is 0 Å². The highest BCUT2D eigenvalue weighted by Gasteiger charge is 2.14. The van der Waals surface area contributed by atoms with E-state index in [9.17, 15) is 10.1 Å². The fraction of sp³-hybridized carbons (Fsp3) is 0. The van der Waals surface area contributed by atoms with Crippen LogP contribution in [0.3, 0.4) is 0 Å². The van der Waals surface area contributed by atoms with Gasteiger partial charge in [0.05, 0.1) is 0 Å². The van der Waals surface area contributed by atoms with Gasteiger partial charge < -0.3 is 10.1 Å². The maximum Gasteiger partial charge on any atom is 0.467 e. The molecule has 0 unspecified atom stereocenters.